The lowest BCUT2D eigenvalue weighted by molar-refractivity contribution is -0.123. The Morgan fingerprint density at radius 1 is 1.38 bits per heavy atom. The maximum atomic E-state index is 12.0. The van der Waals surface area contributed by atoms with Gasteiger partial charge in [0.2, 0.25) is 5.91 Å². The van der Waals surface area contributed by atoms with E-state index in [-0.39, 0.29) is 24.5 Å². The Kier molecular flexibility index (Phi) is 4.74. The molecule has 6 nitrogen and oxygen atoms in total. The summed E-state index contributed by atoms with van der Waals surface area (Å²) in [6.07, 6.45) is 4.57. The Bertz CT molecular complexity index is 746. The Labute approximate surface area is 140 Å². The quantitative estimate of drug-likeness (QED) is 0.883. The number of nitrogens with zero attached hydrogens (tertiary/aromatic N) is 1. The third-order valence-electron chi connectivity index (χ3n) is 3.90. The third-order valence-corrected chi connectivity index (χ3v) is 3.90. The van der Waals surface area contributed by atoms with Crippen LogP contribution in [0, 0.1) is 0 Å². The van der Waals surface area contributed by atoms with Crippen LogP contribution in [0.3, 0.4) is 0 Å². The van der Waals surface area contributed by atoms with Crippen molar-refractivity contribution in [1.82, 2.24) is 10.3 Å². The Balaban J connectivity index is 1.54. The van der Waals surface area contributed by atoms with Crippen molar-refractivity contribution in [2.24, 2.45) is 0 Å². The summed E-state index contributed by atoms with van der Waals surface area (Å²) in [6, 6.07) is 9.04. The van der Waals surface area contributed by atoms with Gasteiger partial charge in [-0.05, 0) is 48.7 Å². The summed E-state index contributed by atoms with van der Waals surface area (Å²) in [7, 11) is 0. The number of hydrogen-bond donors (Lipinski definition) is 2. The van der Waals surface area contributed by atoms with Crippen molar-refractivity contribution in [3.05, 3.63) is 53.9 Å². The fraction of sp³-hybridized carbons (Fsp3) is 0.278. The summed E-state index contributed by atoms with van der Waals surface area (Å²) in [6.45, 7) is 1.84. The van der Waals surface area contributed by atoms with Crippen LogP contribution >= 0.6 is 0 Å². The van der Waals surface area contributed by atoms with E-state index < -0.39 is 0 Å². The predicted octanol–water partition coefficient (Wildman–Crippen LogP) is 2.22. The summed E-state index contributed by atoms with van der Waals surface area (Å²) in [5, 5.41) is 5.69. The van der Waals surface area contributed by atoms with Crippen molar-refractivity contribution in [3.8, 4) is 5.75 Å². The van der Waals surface area contributed by atoms with Crippen LogP contribution in [-0.4, -0.2) is 23.4 Å². The first-order valence-electron chi connectivity index (χ1n) is 7.86. The molecule has 1 aromatic heterocycles. The van der Waals surface area contributed by atoms with E-state index in [0.29, 0.717) is 18.6 Å². The number of anilines is 1. The fourth-order valence-corrected chi connectivity index (χ4v) is 2.60. The molecule has 1 aliphatic rings. The number of fused-ring (bicyclic) bond motifs is 1. The van der Waals surface area contributed by atoms with Crippen LogP contribution in [0.4, 0.5) is 5.69 Å². The lowest BCUT2D eigenvalue weighted by Crippen LogP contribution is -2.31. The van der Waals surface area contributed by atoms with E-state index in [1.165, 1.54) is 0 Å². The van der Waals surface area contributed by atoms with E-state index in [9.17, 15) is 9.59 Å². The van der Waals surface area contributed by atoms with E-state index in [4.69, 9.17) is 4.74 Å². The van der Waals surface area contributed by atoms with Crippen LogP contribution in [0.5, 0.6) is 5.75 Å². The number of rotatable bonds is 5. The number of carbonyl (C=O) groups is 2. The summed E-state index contributed by atoms with van der Waals surface area (Å²) in [4.78, 5) is 27.4. The number of pyridine rings is 1. The molecule has 1 atom stereocenters. The molecular formula is C18H19N3O3. The van der Waals surface area contributed by atoms with Crippen molar-refractivity contribution in [2.45, 2.75) is 25.8 Å². The highest BCUT2D eigenvalue weighted by molar-refractivity contribution is 5.94. The topological polar surface area (TPSA) is 80.3 Å². The molecule has 0 saturated heterocycles. The van der Waals surface area contributed by atoms with Crippen LogP contribution in [0.1, 0.15) is 30.5 Å². The minimum absolute atomic E-state index is 0.0277. The Morgan fingerprint density at radius 3 is 3.04 bits per heavy atom. The molecule has 2 heterocycles. The van der Waals surface area contributed by atoms with Gasteiger partial charge in [0.1, 0.15) is 5.75 Å². The number of aryl methyl sites for hydroxylation is 1. The molecule has 0 fully saturated rings. The molecule has 0 spiro atoms. The molecule has 24 heavy (non-hydrogen) atoms. The smallest absolute Gasteiger partial charge is 0.258 e. The number of nitrogens with one attached hydrogen (secondary N) is 2. The summed E-state index contributed by atoms with van der Waals surface area (Å²) in [5.74, 6) is 0.450. The van der Waals surface area contributed by atoms with Gasteiger partial charge in [0, 0.05) is 24.5 Å². The molecule has 2 N–H and O–H groups in total. The van der Waals surface area contributed by atoms with Gasteiger partial charge in [-0.1, -0.05) is 6.07 Å². The van der Waals surface area contributed by atoms with Gasteiger partial charge in [-0.25, -0.2) is 0 Å². The second-order valence-corrected chi connectivity index (χ2v) is 5.73. The van der Waals surface area contributed by atoms with Gasteiger partial charge in [-0.3, -0.25) is 14.6 Å². The zero-order chi connectivity index (χ0) is 16.9. The molecule has 0 radical (unpaired) electrons. The van der Waals surface area contributed by atoms with Crippen LogP contribution in [0.2, 0.25) is 0 Å². The Morgan fingerprint density at radius 2 is 2.25 bits per heavy atom. The molecule has 2 amide bonds. The van der Waals surface area contributed by atoms with E-state index in [2.05, 4.69) is 15.6 Å². The molecular weight excluding hydrogens is 306 g/mol. The van der Waals surface area contributed by atoms with Crippen LogP contribution < -0.4 is 15.4 Å². The van der Waals surface area contributed by atoms with Crippen molar-refractivity contribution in [2.75, 3.05) is 11.9 Å². The van der Waals surface area contributed by atoms with E-state index >= 15 is 0 Å². The van der Waals surface area contributed by atoms with E-state index in [0.717, 1.165) is 16.8 Å². The van der Waals surface area contributed by atoms with Crippen molar-refractivity contribution >= 4 is 17.5 Å². The second kappa shape index (κ2) is 7.12. The van der Waals surface area contributed by atoms with Gasteiger partial charge in [-0.2, -0.15) is 0 Å². The van der Waals surface area contributed by atoms with Gasteiger partial charge in [0.05, 0.1) is 6.04 Å². The molecule has 1 aromatic carbocycles. The summed E-state index contributed by atoms with van der Waals surface area (Å²) < 4.78 is 5.56. The highest BCUT2D eigenvalue weighted by Gasteiger charge is 2.15. The minimum atomic E-state index is -0.197. The molecule has 3 rings (SSSR count). The highest BCUT2D eigenvalue weighted by atomic mass is 16.5. The van der Waals surface area contributed by atoms with Gasteiger partial charge in [0.25, 0.3) is 5.91 Å². The predicted molar refractivity (Wildman–Crippen MR) is 89.7 cm³/mol. The SMILES string of the molecule is C[C@H](NC(=O)COc1ccc2c(c1)CCC(=O)N2)c1cccnc1. The first kappa shape index (κ1) is 16.0. The molecule has 0 saturated carbocycles. The van der Waals surface area contributed by atoms with Crippen molar-refractivity contribution in [3.63, 3.8) is 0 Å². The maximum absolute atomic E-state index is 12.0. The van der Waals surface area contributed by atoms with Crippen LogP contribution in [-0.2, 0) is 16.0 Å². The monoisotopic (exact) mass is 325 g/mol. The molecule has 6 heteroatoms. The number of hydrogen-bond acceptors (Lipinski definition) is 4. The van der Waals surface area contributed by atoms with Crippen molar-refractivity contribution < 1.29 is 14.3 Å². The first-order valence-corrected chi connectivity index (χ1v) is 7.86. The number of carbonyl (C=O) groups excluding carboxylic acids is 2. The molecule has 2 aromatic rings. The average molecular weight is 325 g/mol. The molecule has 1 aliphatic heterocycles. The number of aromatic nitrogens is 1. The largest absolute Gasteiger partial charge is 0.484 e. The summed E-state index contributed by atoms with van der Waals surface area (Å²) in [5.41, 5.74) is 2.78. The summed E-state index contributed by atoms with van der Waals surface area (Å²) >= 11 is 0. The Hall–Kier alpha value is -2.89. The van der Waals surface area contributed by atoms with E-state index in [1.807, 2.05) is 25.1 Å². The van der Waals surface area contributed by atoms with Gasteiger partial charge < -0.3 is 15.4 Å². The molecule has 0 unspecified atom stereocenters. The zero-order valence-electron chi connectivity index (χ0n) is 13.4. The molecule has 0 bridgehead atoms. The lowest BCUT2D eigenvalue weighted by Gasteiger charge is -2.18. The maximum Gasteiger partial charge on any atom is 0.258 e. The fourth-order valence-electron chi connectivity index (χ4n) is 2.60. The number of ether oxygens (including phenoxy) is 1. The van der Waals surface area contributed by atoms with Crippen molar-refractivity contribution in [1.29, 1.82) is 0 Å². The lowest BCUT2D eigenvalue weighted by atomic mass is 10.0. The highest BCUT2D eigenvalue weighted by Crippen LogP contribution is 2.26. The molecule has 0 aliphatic carbocycles. The third kappa shape index (κ3) is 3.90. The number of amides is 2. The standard InChI is InChI=1S/C18H19N3O3/c1-12(14-3-2-8-19-10-14)20-18(23)11-24-15-5-6-16-13(9-15)4-7-17(22)21-16/h2-3,5-6,8-10,12H,4,7,11H2,1H3,(H,20,23)(H,21,22)/t12-/m0/s1. The average Bonchev–Trinajstić information content (AvgIpc) is 2.60. The van der Waals surface area contributed by atoms with Gasteiger partial charge >= 0.3 is 0 Å². The van der Waals surface area contributed by atoms with Crippen LogP contribution in [0.15, 0.2) is 42.7 Å². The second-order valence-electron chi connectivity index (χ2n) is 5.73. The minimum Gasteiger partial charge on any atom is -0.484 e. The van der Waals surface area contributed by atoms with Crippen LogP contribution in [0.25, 0.3) is 0 Å². The molecule has 124 valence electrons. The van der Waals surface area contributed by atoms with Gasteiger partial charge in [-0.15, -0.1) is 0 Å². The number of benzene rings is 1. The van der Waals surface area contributed by atoms with E-state index in [1.54, 1.807) is 24.5 Å². The normalized spacial score (nSPS) is 14.3. The van der Waals surface area contributed by atoms with Gasteiger partial charge in [0.15, 0.2) is 6.61 Å². The zero-order valence-corrected chi connectivity index (χ0v) is 13.4. The first-order chi connectivity index (χ1) is 11.6.